The van der Waals surface area contributed by atoms with E-state index in [2.05, 4.69) is 13.3 Å². The number of carbonyl (C=O) groups is 3. The standard InChI is InChI=1S/C14H19.3C5H10O2.Ti/c1-10-11-6-2-4-8-13(11)14-9-5-3-7-12(10)14;3*1-5(2,3)4(6)7;/h6,10H,2-5,7-9H2,1H3;3*1-3H3,(H,6,7);/q-1;;;;. The molecule has 0 radical (unpaired) electrons. The summed E-state index contributed by atoms with van der Waals surface area (Å²) in [6.07, 6.45) is 12.2. The first kappa shape index (κ1) is 36.6. The molecule has 206 valence electrons. The Kier molecular flexibility index (Phi) is 15.3. The molecule has 3 aliphatic carbocycles. The van der Waals surface area contributed by atoms with E-state index in [-0.39, 0.29) is 21.7 Å². The molecular formula is C29H49O6Ti-. The molecule has 0 amide bonds. The van der Waals surface area contributed by atoms with E-state index in [1.165, 1.54) is 44.9 Å². The topological polar surface area (TPSA) is 112 Å². The zero-order valence-corrected chi connectivity index (χ0v) is 25.7. The fourth-order valence-corrected chi connectivity index (χ4v) is 3.51. The third-order valence-electron chi connectivity index (χ3n) is 6.13. The van der Waals surface area contributed by atoms with Crippen molar-refractivity contribution in [2.45, 2.75) is 114 Å². The Morgan fingerprint density at radius 2 is 1.00 bits per heavy atom. The van der Waals surface area contributed by atoms with E-state index < -0.39 is 34.2 Å². The molecule has 1 atom stereocenters. The summed E-state index contributed by atoms with van der Waals surface area (Å²) in [7, 11) is 0. The van der Waals surface area contributed by atoms with Crippen LogP contribution < -0.4 is 0 Å². The first-order valence-electron chi connectivity index (χ1n) is 12.7. The largest absolute Gasteiger partial charge is 0.481 e. The molecule has 0 aromatic heterocycles. The third kappa shape index (κ3) is 12.6. The maximum Gasteiger partial charge on any atom is 0.308 e. The average molecular weight is 542 g/mol. The van der Waals surface area contributed by atoms with Crippen molar-refractivity contribution in [2.75, 3.05) is 0 Å². The average Bonchev–Trinajstić information content (AvgIpc) is 3.00. The number of fused-ring (bicyclic) bond motifs is 1. The Labute approximate surface area is 233 Å². The van der Waals surface area contributed by atoms with E-state index >= 15 is 0 Å². The summed E-state index contributed by atoms with van der Waals surface area (Å²) < 4.78 is 0. The second-order valence-corrected chi connectivity index (χ2v) is 12.6. The molecule has 3 rings (SSSR count). The summed E-state index contributed by atoms with van der Waals surface area (Å²) >= 11 is 0. The van der Waals surface area contributed by atoms with Crippen LogP contribution in [0.2, 0.25) is 0 Å². The zero-order chi connectivity index (χ0) is 27.8. The molecule has 7 heteroatoms. The summed E-state index contributed by atoms with van der Waals surface area (Å²) in [6, 6.07) is 0. The van der Waals surface area contributed by atoms with E-state index in [1.54, 1.807) is 84.6 Å². The molecule has 0 heterocycles. The van der Waals surface area contributed by atoms with Gasteiger partial charge >= 0.3 is 17.9 Å². The Morgan fingerprint density at radius 3 is 1.36 bits per heavy atom. The molecule has 3 N–H and O–H groups in total. The Hall–Kier alpha value is -1.53. The van der Waals surface area contributed by atoms with Crippen molar-refractivity contribution in [2.24, 2.45) is 22.2 Å². The van der Waals surface area contributed by atoms with Crippen molar-refractivity contribution < 1.29 is 51.4 Å². The second-order valence-electron chi connectivity index (χ2n) is 12.6. The van der Waals surface area contributed by atoms with Gasteiger partial charge in [-0.05, 0) is 87.5 Å². The molecular weight excluding hydrogens is 492 g/mol. The minimum atomic E-state index is -0.757. The molecule has 0 aromatic carbocycles. The molecule has 1 unspecified atom stereocenters. The van der Waals surface area contributed by atoms with Crippen LogP contribution >= 0.6 is 0 Å². The zero-order valence-electron chi connectivity index (χ0n) is 24.2. The smallest absolute Gasteiger partial charge is 0.308 e. The summed E-state index contributed by atoms with van der Waals surface area (Å²) in [5.74, 6) is -1.49. The number of carboxylic acids is 3. The van der Waals surface area contributed by atoms with Crippen molar-refractivity contribution >= 4 is 17.9 Å². The van der Waals surface area contributed by atoms with Crippen LogP contribution in [0.15, 0.2) is 22.3 Å². The minimum Gasteiger partial charge on any atom is -0.481 e. The van der Waals surface area contributed by atoms with Gasteiger partial charge in [-0.2, -0.15) is 5.57 Å². The van der Waals surface area contributed by atoms with E-state index in [0.717, 1.165) is 5.92 Å². The molecule has 6 nitrogen and oxygen atoms in total. The molecule has 0 bridgehead atoms. The summed E-state index contributed by atoms with van der Waals surface area (Å²) in [6.45, 7) is 17.4. The maximum atomic E-state index is 10.0. The first-order chi connectivity index (χ1) is 15.7. The van der Waals surface area contributed by atoms with Gasteiger partial charge in [0, 0.05) is 21.7 Å². The van der Waals surface area contributed by atoms with Crippen molar-refractivity contribution in [3.63, 3.8) is 0 Å². The quantitative estimate of drug-likeness (QED) is 0.216. The normalized spacial score (nSPS) is 18.8. The Bertz CT molecular complexity index is 727. The van der Waals surface area contributed by atoms with Crippen LogP contribution in [-0.2, 0) is 36.1 Å². The fraction of sp³-hybridized carbons (Fsp3) is 0.724. The first-order valence-corrected chi connectivity index (χ1v) is 12.7. The monoisotopic (exact) mass is 541 g/mol. The van der Waals surface area contributed by atoms with Crippen LogP contribution in [0, 0.1) is 28.6 Å². The number of carboxylic acid groups (broad SMARTS) is 3. The van der Waals surface area contributed by atoms with Gasteiger partial charge in [0.1, 0.15) is 0 Å². The molecule has 0 aromatic rings. The van der Waals surface area contributed by atoms with Gasteiger partial charge in [-0.15, -0.1) is 12.0 Å². The molecule has 0 saturated heterocycles. The molecule has 3 aliphatic rings. The number of rotatable bonds is 0. The van der Waals surface area contributed by atoms with Gasteiger partial charge in [-0.25, -0.2) is 12.0 Å². The van der Waals surface area contributed by atoms with Crippen molar-refractivity contribution in [1.29, 1.82) is 0 Å². The van der Waals surface area contributed by atoms with Gasteiger partial charge in [0.15, 0.2) is 0 Å². The van der Waals surface area contributed by atoms with Gasteiger partial charge in [-0.3, -0.25) is 14.4 Å². The number of allylic oxidation sites excluding steroid dienone is 4. The van der Waals surface area contributed by atoms with E-state index in [9.17, 15) is 14.4 Å². The molecule has 0 fully saturated rings. The molecule has 0 saturated carbocycles. The van der Waals surface area contributed by atoms with Crippen molar-refractivity contribution in [1.82, 2.24) is 0 Å². The van der Waals surface area contributed by atoms with Crippen molar-refractivity contribution in [3.8, 4) is 0 Å². The van der Waals surface area contributed by atoms with Gasteiger partial charge in [0.05, 0.1) is 16.2 Å². The van der Waals surface area contributed by atoms with Gasteiger partial charge in [0.2, 0.25) is 0 Å². The summed E-state index contributed by atoms with van der Waals surface area (Å²) in [4.78, 5) is 30.1. The second kappa shape index (κ2) is 15.0. The minimum absolute atomic E-state index is 0. The number of hydrogen-bond acceptors (Lipinski definition) is 3. The fourth-order valence-electron chi connectivity index (χ4n) is 3.51. The van der Waals surface area contributed by atoms with Crippen molar-refractivity contribution in [3.05, 3.63) is 28.7 Å². The van der Waals surface area contributed by atoms with E-state index in [1.807, 2.05) is 0 Å². The van der Waals surface area contributed by atoms with Crippen LogP contribution in [0.25, 0.3) is 0 Å². The number of aliphatic carboxylic acids is 3. The van der Waals surface area contributed by atoms with Crippen LogP contribution in [0.4, 0.5) is 0 Å². The Balaban J connectivity index is 0. The predicted octanol–water partition coefficient (Wildman–Crippen LogP) is 7.54. The van der Waals surface area contributed by atoms with Crippen LogP contribution in [0.5, 0.6) is 0 Å². The van der Waals surface area contributed by atoms with Gasteiger partial charge in [-0.1, -0.05) is 31.8 Å². The van der Waals surface area contributed by atoms with Crippen LogP contribution in [-0.4, -0.2) is 33.2 Å². The summed E-state index contributed by atoms with van der Waals surface area (Å²) in [5.41, 5.74) is 5.32. The van der Waals surface area contributed by atoms with Crippen LogP contribution in [0.3, 0.4) is 0 Å². The summed E-state index contributed by atoms with van der Waals surface area (Å²) in [5, 5.41) is 24.8. The molecule has 36 heavy (non-hydrogen) atoms. The predicted molar refractivity (Wildman–Crippen MR) is 141 cm³/mol. The van der Waals surface area contributed by atoms with E-state index in [4.69, 9.17) is 15.3 Å². The van der Waals surface area contributed by atoms with Gasteiger partial charge in [0.25, 0.3) is 0 Å². The van der Waals surface area contributed by atoms with Gasteiger partial charge < -0.3 is 15.3 Å². The molecule has 0 aliphatic heterocycles. The number of hydrogen-bond donors (Lipinski definition) is 3. The van der Waals surface area contributed by atoms with Crippen LogP contribution in [0.1, 0.15) is 114 Å². The molecule has 0 spiro atoms. The Morgan fingerprint density at radius 1 is 0.667 bits per heavy atom. The third-order valence-corrected chi connectivity index (χ3v) is 6.13. The van der Waals surface area contributed by atoms with E-state index in [0.29, 0.717) is 0 Å². The SMILES string of the molecule is CC(C)(C)C(=O)O.CC(C)(C)C(=O)O.CC(C)(C)C(=O)O.CC1C2=C(CCC[CH-]2)C2=C1CCCC2.[Ti]. The maximum absolute atomic E-state index is 10.0.